The van der Waals surface area contributed by atoms with Gasteiger partial charge in [0, 0.05) is 24.2 Å². The molecule has 126 valence electrons. The van der Waals surface area contributed by atoms with Gasteiger partial charge in [-0.3, -0.25) is 9.59 Å². The van der Waals surface area contributed by atoms with Gasteiger partial charge in [0.2, 0.25) is 0 Å². The molecule has 0 radical (unpaired) electrons. The topological polar surface area (TPSA) is 67.4 Å². The van der Waals surface area contributed by atoms with E-state index in [1.165, 1.54) is 7.11 Å². The zero-order valence-electron chi connectivity index (χ0n) is 12.9. The number of halogens is 2. The number of para-hydroxylation sites is 1. The van der Waals surface area contributed by atoms with E-state index in [0.717, 1.165) is 5.56 Å². The summed E-state index contributed by atoms with van der Waals surface area (Å²) in [5.41, 5.74) is 1.10. The van der Waals surface area contributed by atoms with Gasteiger partial charge >= 0.3 is 11.8 Å². The van der Waals surface area contributed by atoms with Gasteiger partial charge in [0.1, 0.15) is 6.10 Å². The SMILES string of the molecule is COC(CNC(=O)C(=O)Nc1ccccc1Cl)c1ccccc1Cl. The normalized spacial score (nSPS) is 11.6. The summed E-state index contributed by atoms with van der Waals surface area (Å²) in [4.78, 5) is 23.9. The molecule has 0 fully saturated rings. The summed E-state index contributed by atoms with van der Waals surface area (Å²) in [6, 6.07) is 13.8. The van der Waals surface area contributed by atoms with Gasteiger partial charge in [-0.1, -0.05) is 53.5 Å². The van der Waals surface area contributed by atoms with Crippen molar-refractivity contribution in [3.8, 4) is 0 Å². The highest BCUT2D eigenvalue weighted by atomic mass is 35.5. The maximum Gasteiger partial charge on any atom is 0.313 e. The quantitative estimate of drug-likeness (QED) is 0.796. The van der Waals surface area contributed by atoms with Crippen molar-refractivity contribution in [2.75, 3.05) is 19.0 Å². The molecule has 1 atom stereocenters. The number of hydrogen-bond acceptors (Lipinski definition) is 3. The predicted octanol–water partition coefficient (Wildman–Crippen LogP) is 3.44. The molecule has 2 amide bonds. The first-order valence-electron chi connectivity index (χ1n) is 7.14. The van der Waals surface area contributed by atoms with Crippen LogP contribution in [0.3, 0.4) is 0 Å². The zero-order chi connectivity index (χ0) is 17.5. The van der Waals surface area contributed by atoms with Gasteiger partial charge < -0.3 is 15.4 Å². The standard InChI is InChI=1S/C17H16Cl2N2O3/c1-24-15(11-6-2-3-7-12(11)18)10-20-16(22)17(23)21-14-9-5-4-8-13(14)19/h2-9,15H,10H2,1H3,(H,20,22)(H,21,23). The lowest BCUT2D eigenvalue weighted by Crippen LogP contribution is -2.38. The monoisotopic (exact) mass is 366 g/mol. The van der Waals surface area contributed by atoms with Crippen molar-refractivity contribution in [2.45, 2.75) is 6.10 Å². The number of hydrogen-bond donors (Lipinski definition) is 2. The van der Waals surface area contributed by atoms with Crippen LogP contribution in [0.2, 0.25) is 10.0 Å². The van der Waals surface area contributed by atoms with Crippen LogP contribution in [-0.4, -0.2) is 25.5 Å². The highest BCUT2D eigenvalue weighted by Gasteiger charge is 2.19. The van der Waals surface area contributed by atoms with E-state index in [9.17, 15) is 9.59 Å². The number of carbonyl (C=O) groups excluding carboxylic acids is 2. The minimum atomic E-state index is -0.808. The van der Waals surface area contributed by atoms with Crippen molar-refractivity contribution < 1.29 is 14.3 Å². The summed E-state index contributed by atoms with van der Waals surface area (Å²) < 4.78 is 5.33. The van der Waals surface area contributed by atoms with Crippen LogP contribution >= 0.6 is 23.2 Å². The Morgan fingerprint density at radius 1 is 1.00 bits per heavy atom. The van der Waals surface area contributed by atoms with Gasteiger partial charge in [-0.15, -0.1) is 0 Å². The molecule has 0 aromatic heterocycles. The molecule has 0 heterocycles. The summed E-state index contributed by atoms with van der Waals surface area (Å²) >= 11 is 12.1. The minimum Gasteiger partial charge on any atom is -0.375 e. The number of methoxy groups -OCH3 is 1. The van der Waals surface area contributed by atoms with Crippen LogP contribution in [0.1, 0.15) is 11.7 Å². The third kappa shape index (κ3) is 4.71. The Balaban J connectivity index is 1.95. The molecule has 2 rings (SSSR count). The maximum atomic E-state index is 11.9. The smallest absolute Gasteiger partial charge is 0.313 e. The lowest BCUT2D eigenvalue weighted by molar-refractivity contribution is -0.136. The second-order valence-corrected chi connectivity index (χ2v) is 5.70. The van der Waals surface area contributed by atoms with Crippen LogP contribution in [0, 0.1) is 0 Å². The number of benzene rings is 2. The summed E-state index contributed by atoms with van der Waals surface area (Å²) in [5, 5.41) is 5.85. The van der Waals surface area contributed by atoms with Gasteiger partial charge in [-0.05, 0) is 18.2 Å². The highest BCUT2D eigenvalue weighted by molar-refractivity contribution is 6.41. The van der Waals surface area contributed by atoms with Crippen molar-refractivity contribution in [3.05, 3.63) is 64.1 Å². The van der Waals surface area contributed by atoms with Crippen molar-refractivity contribution in [2.24, 2.45) is 0 Å². The molecule has 0 aliphatic heterocycles. The van der Waals surface area contributed by atoms with E-state index in [-0.39, 0.29) is 6.54 Å². The molecule has 0 saturated heterocycles. The van der Waals surface area contributed by atoms with E-state index >= 15 is 0 Å². The maximum absolute atomic E-state index is 11.9. The van der Waals surface area contributed by atoms with Crippen LogP contribution in [0.4, 0.5) is 5.69 Å². The van der Waals surface area contributed by atoms with E-state index in [0.29, 0.717) is 15.7 Å². The summed E-state index contributed by atoms with van der Waals surface area (Å²) in [5.74, 6) is -1.60. The average Bonchev–Trinajstić information content (AvgIpc) is 2.58. The predicted molar refractivity (Wildman–Crippen MR) is 94.3 cm³/mol. The number of ether oxygens (including phenoxy) is 1. The molecule has 0 spiro atoms. The molecule has 1 unspecified atom stereocenters. The molecule has 0 saturated carbocycles. The fraction of sp³-hybridized carbons (Fsp3) is 0.176. The van der Waals surface area contributed by atoms with Crippen LogP contribution in [0.25, 0.3) is 0 Å². The summed E-state index contributed by atoms with van der Waals surface area (Å²) in [7, 11) is 1.50. The molecule has 2 aromatic carbocycles. The van der Waals surface area contributed by atoms with Crippen molar-refractivity contribution in [1.29, 1.82) is 0 Å². The minimum absolute atomic E-state index is 0.106. The van der Waals surface area contributed by atoms with Gasteiger partial charge in [0.25, 0.3) is 0 Å². The third-order valence-electron chi connectivity index (χ3n) is 3.31. The van der Waals surface area contributed by atoms with Gasteiger partial charge in [0.05, 0.1) is 10.7 Å². The van der Waals surface area contributed by atoms with Crippen LogP contribution < -0.4 is 10.6 Å². The second kappa shape index (κ2) is 8.68. The number of amides is 2. The molecule has 0 aliphatic rings. The van der Waals surface area contributed by atoms with Crippen molar-refractivity contribution in [3.63, 3.8) is 0 Å². The Morgan fingerprint density at radius 3 is 2.25 bits per heavy atom. The molecule has 5 nitrogen and oxygen atoms in total. The molecule has 2 aromatic rings. The summed E-state index contributed by atoms with van der Waals surface area (Å²) in [6.07, 6.45) is -0.462. The molecule has 7 heteroatoms. The van der Waals surface area contributed by atoms with E-state index in [2.05, 4.69) is 10.6 Å². The van der Waals surface area contributed by atoms with Gasteiger partial charge in [-0.25, -0.2) is 0 Å². The van der Waals surface area contributed by atoms with Crippen molar-refractivity contribution in [1.82, 2.24) is 5.32 Å². The van der Waals surface area contributed by atoms with Gasteiger partial charge in [0.15, 0.2) is 0 Å². The largest absolute Gasteiger partial charge is 0.375 e. The van der Waals surface area contributed by atoms with E-state index in [4.69, 9.17) is 27.9 Å². The second-order valence-electron chi connectivity index (χ2n) is 4.89. The van der Waals surface area contributed by atoms with E-state index in [1.54, 1.807) is 42.5 Å². The molecular formula is C17H16Cl2N2O3. The lowest BCUT2D eigenvalue weighted by atomic mass is 10.1. The molecule has 0 aliphatic carbocycles. The highest BCUT2D eigenvalue weighted by Crippen LogP contribution is 2.24. The van der Waals surface area contributed by atoms with E-state index in [1.807, 2.05) is 6.07 Å². The Hall–Kier alpha value is -2.08. The fourth-order valence-electron chi connectivity index (χ4n) is 2.06. The number of anilines is 1. The third-order valence-corrected chi connectivity index (χ3v) is 3.99. The molecule has 24 heavy (non-hydrogen) atoms. The molecule has 0 bridgehead atoms. The summed E-state index contributed by atoms with van der Waals surface area (Å²) in [6.45, 7) is 0.106. The first kappa shape index (κ1) is 18.3. The Morgan fingerprint density at radius 2 is 1.62 bits per heavy atom. The lowest BCUT2D eigenvalue weighted by Gasteiger charge is -2.17. The van der Waals surface area contributed by atoms with Crippen molar-refractivity contribution >= 4 is 40.7 Å². The number of carbonyl (C=O) groups is 2. The van der Waals surface area contributed by atoms with Crippen LogP contribution in [0.5, 0.6) is 0 Å². The average molecular weight is 367 g/mol. The molecular weight excluding hydrogens is 351 g/mol. The number of rotatable bonds is 5. The Bertz CT molecular complexity index is 737. The Labute approximate surface area is 149 Å². The number of nitrogens with one attached hydrogen (secondary N) is 2. The fourth-order valence-corrected chi connectivity index (χ4v) is 2.50. The first-order chi connectivity index (χ1) is 11.5. The molecule has 2 N–H and O–H groups in total. The van der Waals surface area contributed by atoms with Crippen LogP contribution in [-0.2, 0) is 14.3 Å². The zero-order valence-corrected chi connectivity index (χ0v) is 14.4. The first-order valence-corrected chi connectivity index (χ1v) is 7.89. The van der Waals surface area contributed by atoms with E-state index < -0.39 is 17.9 Å². The van der Waals surface area contributed by atoms with Gasteiger partial charge in [-0.2, -0.15) is 0 Å². The Kier molecular flexibility index (Phi) is 6.61. The van der Waals surface area contributed by atoms with Crippen LogP contribution in [0.15, 0.2) is 48.5 Å².